The van der Waals surface area contributed by atoms with E-state index in [0.717, 1.165) is 11.0 Å². The Morgan fingerprint density at radius 1 is 1.13 bits per heavy atom. The summed E-state index contributed by atoms with van der Waals surface area (Å²) >= 11 is 0. The van der Waals surface area contributed by atoms with Crippen LogP contribution in [0.4, 0.5) is 4.79 Å². The number of rotatable bonds is 2. The van der Waals surface area contributed by atoms with Crippen LogP contribution in [0.5, 0.6) is 5.75 Å². The van der Waals surface area contributed by atoms with E-state index in [2.05, 4.69) is 0 Å². The molecule has 0 bridgehead atoms. The van der Waals surface area contributed by atoms with Gasteiger partial charge in [0.2, 0.25) is 0 Å². The molecule has 1 heterocycles. The average Bonchev–Trinajstić information content (AvgIpc) is 2.56. The molecule has 1 aliphatic rings. The van der Waals surface area contributed by atoms with Crippen LogP contribution in [0, 0.1) is 0 Å². The molecule has 0 spiro atoms. The van der Waals surface area contributed by atoms with Crippen LogP contribution in [0.25, 0.3) is 0 Å². The van der Waals surface area contributed by atoms with E-state index >= 15 is 0 Å². The van der Waals surface area contributed by atoms with Gasteiger partial charge in [-0.2, -0.15) is 0 Å². The second-order valence-corrected chi connectivity index (χ2v) is 7.96. The van der Waals surface area contributed by atoms with E-state index in [0.29, 0.717) is 5.75 Å². The van der Waals surface area contributed by atoms with E-state index in [-0.39, 0.29) is 5.41 Å². The highest BCUT2D eigenvalue weighted by Crippen LogP contribution is 2.37. The Morgan fingerprint density at radius 3 is 2.09 bits per heavy atom. The van der Waals surface area contributed by atoms with Crippen LogP contribution in [0.2, 0.25) is 0 Å². The molecule has 0 aromatic heterocycles. The van der Waals surface area contributed by atoms with Crippen molar-refractivity contribution in [1.82, 2.24) is 0 Å². The highest BCUT2D eigenvalue weighted by atomic mass is 16.7. The molecule has 0 radical (unpaired) electrons. The summed E-state index contributed by atoms with van der Waals surface area (Å²) in [6.07, 6.45) is -1.32. The van der Waals surface area contributed by atoms with Crippen molar-refractivity contribution in [2.24, 2.45) is 0 Å². The minimum absolute atomic E-state index is 0.273. The summed E-state index contributed by atoms with van der Waals surface area (Å²) in [6.45, 7) is 14.0. The topological polar surface area (TPSA) is 65.0 Å². The molecule has 6 heteroatoms. The van der Waals surface area contributed by atoms with Gasteiger partial charge in [-0.05, 0) is 44.6 Å². The molecule has 0 aliphatic carbocycles. The van der Waals surface area contributed by atoms with Gasteiger partial charge < -0.3 is 19.2 Å². The third-order valence-corrected chi connectivity index (χ3v) is 4.53. The smallest absolute Gasteiger partial charge is 0.449 e. The maximum Gasteiger partial charge on any atom is 0.511 e. The fourth-order valence-corrected chi connectivity index (χ4v) is 2.44. The van der Waals surface area contributed by atoms with E-state index in [9.17, 15) is 4.79 Å². The molecule has 0 amide bonds. The van der Waals surface area contributed by atoms with Crippen molar-refractivity contribution >= 4 is 18.7 Å². The van der Waals surface area contributed by atoms with E-state index in [4.69, 9.17) is 19.2 Å². The van der Waals surface area contributed by atoms with Crippen molar-refractivity contribution in [1.29, 1.82) is 0 Å². The standard InChI is InChI=1S/C17H25BO5/c1-15(2,3)12-10-11(8-9-13(12)21-14(19)20)18-22-16(4,5)17(6,7)23-18/h8-10H,1-7H3,(H,19,20). The first-order valence-corrected chi connectivity index (χ1v) is 7.74. The van der Waals surface area contributed by atoms with Gasteiger partial charge in [-0.3, -0.25) is 0 Å². The zero-order chi connectivity index (χ0) is 17.6. The van der Waals surface area contributed by atoms with Gasteiger partial charge in [0.1, 0.15) is 5.75 Å². The Morgan fingerprint density at radius 2 is 1.65 bits per heavy atom. The first-order chi connectivity index (χ1) is 10.3. The van der Waals surface area contributed by atoms with Gasteiger partial charge in [0, 0.05) is 5.56 Å². The van der Waals surface area contributed by atoms with Gasteiger partial charge in [-0.25, -0.2) is 4.79 Å². The summed E-state index contributed by atoms with van der Waals surface area (Å²) in [4.78, 5) is 10.9. The van der Waals surface area contributed by atoms with Gasteiger partial charge in [0.05, 0.1) is 11.2 Å². The predicted molar refractivity (Wildman–Crippen MR) is 89.5 cm³/mol. The third-order valence-electron chi connectivity index (χ3n) is 4.53. The zero-order valence-electron chi connectivity index (χ0n) is 14.9. The number of hydrogen-bond acceptors (Lipinski definition) is 4. The molecule has 126 valence electrons. The normalized spacial score (nSPS) is 19.7. The number of carboxylic acid groups (broad SMARTS) is 1. The summed E-state index contributed by atoms with van der Waals surface area (Å²) < 4.78 is 17.0. The third kappa shape index (κ3) is 3.53. The van der Waals surface area contributed by atoms with Crippen LogP contribution in [-0.4, -0.2) is 29.6 Å². The van der Waals surface area contributed by atoms with Crippen molar-refractivity contribution in [3.8, 4) is 5.75 Å². The van der Waals surface area contributed by atoms with Crippen LogP contribution < -0.4 is 10.2 Å². The van der Waals surface area contributed by atoms with E-state index in [1.54, 1.807) is 12.1 Å². The van der Waals surface area contributed by atoms with E-state index in [1.807, 2.05) is 54.5 Å². The Balaban J connectivity index is 2.41. The molecule has 1 aromatic carbocycles. The summed E-state index contributed by atoms with van der Waals surface area (Å²) in [6, 6.07) is 5.35. The summed E-state index contributed by atoms with van der Waals surface area (Å²) in [5.74, 6) is 0.338. The number of ether oxygens (including phenoxy) is 1. The summed E-state index contributed by atoms with van der Waals surface area (Å²) in [5, 5.41) is 8.90. The highest BCUT2D eigenvalue weighted by molar-refractivity contribution is 6.62. The molecule has 1 aromatic rings. The van der Waals surface area contributed by atoms with Crippen LogP contribution >= 0.6 is 0 Å². The van der Waals surface area contributed by atoms with Crippen molar-refractivity contribution < 1.29 is 23.9 Å². The second-order valence-electron chi connectivity index (χ2n) is 7.96. The molecule has 1 fully saturated rings. The average molecular weight is 320 g/mol. The van der Waals surface area contributed by atoms with Crippen LogP contribution in [0.15, 0.2) is 18.2 Å². The molecular formula is C17H25BO5. The maximum absolute atomic E-state index is 10.9. The van der Waals surface area contributed by atoms with Gasteiger partial charge in [-0.15, -0.1) is 0 Å². The van der Waals surface area contributed by atoms with Gasteiger partial charge in [-0.1, -0.05) is 32.9 Å². The summed E-state index contributed by atoms with van der Waals surface area (Å²) in [7, 11) is -0.486. The maximum atomic E-state index is 10.9. The lowest BCUT2D eigenvalue weighted by Gasteiger charge is -2.32. The van der Waals surface area contributed by atoms with Gasteiger partial charge >= 0.3 is 13.3 Å². The second kappa shape index (κ2) is 5.53. The lowest BCUT2D eigenvalue weighted by Crippen LogP contribution is -2.41. The first-order valence-electron chi connectivity index (χ1n) is 7.74. The molecule has 0 saturated carbocycles. The van der Waals surface area contributed by atoms with Crippen LogP contribution in [0.1, 0.15) is 54.0 Å². The lowest BCUT2D eigenvalue weighted by molar-refractivity contribution is 0.00578. The Hall–Kier alpha value is -1.53. The highest BCUT2D eigenvalue weighted by Gasteiger charge is 2.51. The molecule has 5 nitrogen and oxygen atoms in total. The molecule has 1 aliphatic heterocycles. The van der Waals surface area contributed by atoms with E-state index in [1.165, 1.54) is 0 Å². The minimum Gasteiger partial charge on any atom is -0.449 e. The zero-order valence-corrected chi connectivity index (χ0v) is 14.9. The fourth-order valence-electron chi connectivity index (χ4n) is 2.44. The SMILES string of the molecule is CC(C)(C)c1cc(B2OC(C)(C)C(C)(C)O2)ccc1OC(=O)O. The number of hydrogen-bond donors (Lipinski definition) is 1. The quantitative estimate of drug-likeness (QED) is 0.514. The monoisotopic (exact) mass is 320 g/mol. The van der Waals surface area contributed by atoms with Gasteiger partial charge in [0.15, 0.2) is 0 Å². The molecule has 2 rings (SSSR count). The largest absolute Gasteiger partial charge is 0.511 e. The molecular weight excluding hydrogens is 295 g/mol. The minimum atomic E-state index is -1.32. The Kier molecular flexibility index (Phi) is 4.28. The van der Waals surface area contributed by atoms with Crippen molar-refractivity contribution in [3.05, 3.63) is 23.8 Å². The number of carbonyl (C=O) groups is 1. The molecule has 0 unspecified atom stereocenters. The van der Waals surface area contributed by atoms with Crippen LogP contribution in [0.3, 0.4) is 0 Å². The fraction of sp³-hybridized carbons (Fsp3) is 0.588. The molecule has 1 saturated heterocycles. The molecule has 0 atom stereocenters. The number of benzene rings is 1. The molecule has 23 heavy (non-hydrogen) atoms. The van der Waals surface area contributed by atoms with Gasteiger partial charge in [0.25, 0.3) is 0 Å². The van der Waals surface area contributed by atoms with Crippen molar-refractivity contribution in [2.45, 2.75) is 65.1 Å². The van der Waals surface area contributed by atoms with Crippen molar-refractivity contribution in [3.63, 3.8) is 0 Å². The summed E-state index contributed by atoms with van der Waals surface area (Å²) in [5.41, 5.74) is 0.536. The first kappa shape index (κ1) is 17.8. The van der Waals surface area contributed by atoms with Crippen LogP contribution in [-0.2, 0) is 14.7 Å². The lowest BCUT2D eigenvalue weighted by atomic mass is 9.75. The van der Waals surface area contributed by atoms with E-state index < -0.39 is 24.5 Å². The Labute approximate surface area is 138 Å². The van der Waals surface area contributed by atoms with Crippen molar-refractivity contribution in [2.75, 3.05) is 0 Å². The predicted octanol–water partition coefficient (Wildman–Crippen LogP) is 3.34. The Bertz CT molecular complexity index is 600. The molecule has 1 N–H and O–H groups in total.